The molecule has 1 aromatic carbocycles. The normalized spacial score (nSPS) is 19.7. The van der Waals surface area contributed by atoms with E-state index < -0.39 is 0 Å². The van der Waals surface area contributed by atoms with Crippen LogP contribution in [0.15, 0.2) is 18.2 Å². The van der Waals surface area contributed by atoms with E-state index >= 15 is 0 Å². The van der Waals surface area contributed by atoms with Crippen molar-refractivity contribution in [2.24, 2.45) is 0 Å². The molecule has 0 heterocycles. The van der Waals surface area contributed by atoms with Gasteiger partial charge in [-0.2, -0.15) is 0 Å². The van der Waals surface area contributed by atoms with Gasteiger partial charge >= 0.3 is 0 Å². The fourth-order valence-corrected chi connectivity index (χ4v) is 2.75. The number of anilines is 1. The monoisotopic (exact) mass is 264 g/mol. The molecule has 18 heavy (non-hydrogen) atoms. The fourth-order valence-electron chi connectivity index (χ4n) is 2.55. The minimum absolute atomic E-state index is 0.728. The van der Waals surface area contributed by atoms with E-state index in [0.717, 1.165) is 23.7 Å². The molecule has 0 aromatic heterocycles. The van der Waals surface area contributed by atoms with E-state index in [2.05, 4.69) is 29.4 Å². The average Bonchev–Trinajstić information content (AvgIpc) is 3.07. The third kappa shape index (κ3) is 2.65. The van der Waals surface area contributed by atoms with Crippen LogP contribution in [0.5, 0.6) is 0 Å². The predicted octanol–water partition coefficient (Wildman–Crippen LogP) is 3.58. The summed E-state index contributed by atoms with van der Waals surface area (Å²) in [6.45, 7) is 0.942. The van der Waals surface area contributed by atoms with Gasteiger partial charge in [0.05, 0.1) is 0 Å². The molecule has 0 bridgehead atoms. The Morgan fingerprint density at radius 2 is 2.06 bits per heavy atom. The van der Waals surface area contributed by atoms with Crippen molar-refractivity contribution in [1.82, 2.24) is 5.32 Å². The summed E-state index contributed by atoms with van der Waals surface area (Å²) in [7, 11) is 2.22. The standard InChI is InChI=1S/C15H21ClN2/c1-18(14-3-2-4-14)15-8-5-12(16)9-11(15)10-17-13-6-7-13/h5,8-9,13-14,17H,2-4,6-7,10H2,1H3. The first-order chi connectivity index (χ1) is 8.74. The topological polar surface area (TPSA) is 15.3 Å². The lowest BCUT2D eigenvalue weighted by atomic mass is 9.91. The van der Waals surface area contributed by atoms with E-state index in [-0.39, 0.29) is 0 Å². The summed E-state index contributed by atoms with van der Waals surface area (Å²) >= 11 is 6.13. The summed E-state index contributed by atoms with van der Waals surface area (Å²) in [6.07, 6.45) is 6.68. The molecule has 0 atom stereocenters. The van der Waals surface area contributed by atoms with E-state index in [1.807, 2.05) is 6.07 Å². The van der Waals surface area contributed by atoms with Crippen molar-refractivity contribution in [3.05, 3.63) is 28.8 Å². The van der Waals surface area contributed by atoms with Crippen LogP contribution in [0.3, 0.4) is 0 Å². The van der Waals surface area contributed by atoms with Gasteiger partial charge in [-0.1, -0.05) is 11.6 Å². The maximum atomic E-state index is 6.13. The van der Waals surface area contributed by atoms with Gasteiger partial charge in [-0.05, 0) is 55.9 Å². The van der Waals surface area contributed by atoms with Crippen molar-refractivity contribution in [2.75, 3.05) is 11.9 Å². The molecule has 2 nitrogen and oxygen atoms in total. The van der Waals surface area contributed by atoms with Crippen LogP contribution in [-0.2, 0) is 6.54 Å². The van der Waals surface area contributed by atoms with E-state index in [9.17, 15) is 0 Å². The number of benzene rings is 1. The molecule has 2 aliphatic rings. The molecule has 0 aliphatic heterocycles. The Hall–Kier alpha value is -0.730. The molecule has 98 valence electrons. The molecule has 0 saturated heterocycles. The Balaban J connectivity index is 1.76. The van der Waals surface area contributed by atoms with Gasteiger partial charge in [0.25, 0.3) is 0 Å². The van der Waals surface area contributed by atoms with Crippen molar-refractivity contribution < 1.29 is 0 Å². The SMILES string of the molecule is CN(c1ccc(Cl)cc1CNC1CC1)C1CCC1. The Bertz CT molecular complexity index is 425. The van der Waals surface area contributed by atoms with Gasteiger partial charge < -0.3 is 10.2 Å². The van der Waals surface area contributed by atoms with Crippen molar-refractivity contribution >= 4 is 17.3 Å². The van der Waals surface area contributed by atoms with Crippen LogP contribution in [0.4, 0.5) is 5.69 Å². The highest BCUT2D eigenvalue weighted by Gasteiger charge is 2.25. The number of halogens is 1. The second-order valence-corrected chi connectivity index (χ2v) is 6.06. The number of nitrogens with one attached hydrogen (secondary N) is 1. The molecule has 0 amide bonds. The third-order valence-corrected chi connectivity index (χ3v) is 4.44. The molecule has 1 aromatic rings. The number of hydrogen-bond donors (Lipinski definition) is 1. The maximum Gasteiger partial charge on any atom is 0.0412 e. The Morgan fingerprint density at radius 1 is 1.28 bits per heavy atom. The molecular weight excluding hydrogens is 244 g/mol. The summed E-state index contributed by atoms with van der Waals surface area (Å²) in [5.41, 5.74) is 2.68. The molecule has 2 fully saturated rings. The molecule has 2 aliphatic carbocycles. The largest absolute Gasteiger partial charge is 0.371 e. The van der Waals surface area contributed by atoms with E-state index in [1.54, 1.807) is 0 Å². The van der Waals surface area contributed by atoms with Gasteiger partial charge in [0.1, 0.15) is 0 Å². The maximum absolute atomic E-state index is 6.13. The molecule has 3 heteroatoms. The first-order valence-corrected chi connectivity index (χ1v) is 7.36. The summed E-state index contributed by atoms with van der Waals surface area (Å²) < 4.78 is 0. The second-order valence-electron chi connectivity index (χ2n) is 5.62. The van der Waals surface area contributed by atoms with Crippen LogP contribution in [0.2, 0.25) is 5.02 Å². The van der Waals surface area contributed by atoms with Crippen molar-refractivity contribution in [1.29, 1.82) is 0 Å². The van der Waals surface area contributed by atoms with Crippen LogP contribution >= 0.6 is 11.6 Å². The molecule has 0 unspecified atom stereocenters. The lowest BCUT2D eigenvalue weighted by Crippen LogP contribution is -2.37. The zero-order valence-corrected chi connectivity index (χ0v) is 11.7. The van der Waals surface area contributed by atoms with Crippen molar-refractivity contribution in [2.45, 2.75) is 50.7 Å². The first kappa shape index (κ1) is 12.3. The van der Waals surface area contributed by atoms with Gasteiger partial charge in [0.15, 0.2) is 0 Å². The zero-order chi connectivity index (χ0) is 12.5. The zero-order valence-electron chi connectivity index (χ0n) is 11.0. The van der Waals surface area contributed by atoms with Crippen LogP contribution in [0.25, 0.3) is 0 Å². The summed E-state index contributed by atoms with van der Waals surface area (Å²) in [5, 5.41) is 4.43. The minimum Gasteiger partial charge on any atom is -0.371 e. The molecule has 1 N–H and O–H groups in total. The van der Waals surface area contributed by atoms with Gasteiger partial charge in [-0.25, -0.2) is 0 Å². The number of hydrogen-bond acceptors (Lipinski definition) is 2. The van der Waals surface area contributed by atoms with Gasteiger partial charge in [-0.15, -0.1) is 0 Å². The molecule has 3 rings (SSSR count). The molecule has 0 radical (unpaired) electrons. The third-order valence-electron chi connectivity index (χ3n) is 4.20. The van der Waals surface area contributed by atoms with Crippen molar-refractivity contribution in [3.8, 4) is 0 Å². The van der Waals surface area contributed by atoms with Gasteiger partial charge in [0.2, 0.25) is 0 Å². The Morgan fingerprint density at radius 3 is 2.67 bits per heavy atom. The molecule has 0 spiro atoms. The van der Waals surface area contributed by atoms with Crippen LogP contribution in [0, 0.1) is 0 Å². The summed E-state index contributed by atoms with van der Waals surface area (Å²) in [6, 6.07) is 7.76. The van der Waals surface area contributed by atoms with Crippen LogP contribution < -0.4 is 10.2 Å². The molecule has 2 saturated carbocycles. The summed E-state index contributed by atoms with van der Waals surface area (Å²) in [5.74, 6) is 0. The van der Waals surface area contributed by atoms with E-state index in [1.165, 1.54) is 43.4 Å². The van der Waals surface area contributed by atoms with Crippen LogP contribution in [-0.4, -0.2) is 19.1 Å². The van der Waals surface area contributed by atoms with Gasteiger partial charge in [0, 0.05) is 36.4 Å². The average molecular weight is 265 g/mol. The predicted molar refractivity (Wildman–Crippen MR) is 77.4 cm³/mol. The quantitative estimate of drug-likeness (QED) is 0.875. The first-order valence-electron chi connectivity index (χ1n) is 6.98. The second kappa shape index (κ2) is 5.10. The summed E-state index contributed by atoms with van der Waals surface area (Å²) in [4.78, 5) is 2.43. The minimum atomic E-state index is 0.728. The lowest BCUT2D eigenvalue weighted by molar-refractivity contribution is 0.400. The smallest absolute Gasteiger partial charge is 0.0412 e. The highest BCUT2D eigenvalue weighted by atomic mass is 35.5. The Kier molecular flexibility index (Phi) is 3.49. The highest BCUT2D eigenvalue weighted by Crippen LogP contribution is 2.32. The van der Waals surface area contributed by atoms with E-state index in [4.69, 9.17) is 11.6 Å². The highest BCUT2D eigenvalue weighted by molar-refractivity contribution is 6.30. The fraction of sp³-hybridized carbons (Fsp3) is 0.600. The molecular formula is C15H21ClN2. The number of rotatable bonds is 5. The van der Waals surface area contributed by atoms with E-state index in [0.29, 0.717) is 0 Å². The van der Waals surface area contributed by atoms with Crippen molar-refractivity contribution in [3.63, 3.8) is 0 Å². The Labute approximate surface area is 114 Å². The van der Waals surface area contributed by atoms with Gasteiger partial charge in [-0.3, -0.25) is 0 Å². The number of nitrogens with zero attached hydrogens (tertiary/aromatic N) is 1. The lowest BCUT2D eigenvalue weighted by Gasteiger charge is -2.37. The van der Waals surface area contributed by atoms with Crippen LogP contribution in [0.1, 0.15) is 37.7 Å².